The molecule has 20 heavy (non-hydrogen) atoms. The van der Waals surface area contributed by atoms with Gasteiger partial charge < -0.3 is 14.8 Å². The van der Waals surface area contributed by atoms with E-state index >= 15 is 0 Å². The Kier molecular flexibility index (Phi) is 6.91. The highest BCUT2D eigenvalue weighted by Crippen LogP contribution is 2.27. The second-order valence-electron chi connectivity index (χ2n) is 5.09. The molecule has 0 spiro atoms. The molecule has 1 N–H and O–H groups in total. The van der Waals surface area contributed by atoms with Gasteiger partial charge in [0.05, 0.1) is 13.7 Å². The molecule has 0 atom stereocenters. The van der Waals surface area contributed by atoms with Crippen LogP contribution in [0.2, 0.25) is 0 Å². The Hall–Kier alpha value is -1.71. The molecule has 1 rings (SSSR count). The predicted molar refractivity (Wildman–Crippen MR) is 80.6 cm³/mol. The molecule has 4 heteroatoms. The van der Waals surface area contributed by atoms with Gasteiger partial charge in [-0.25, -0.2) is 0 Å². The summed E-state index contributed by atoms with van der Waals surface area (Å²) < 4.78 is 10.7. The van der Waals surface area contributed by atoms with Crippen LogP contribution >= 0.6 is 0 Å². The number of hydrogen-bond donors (Lipinski definition) is 1. The van der Waals surface area contributed by atoms with Gasteiger partial charge in [0.2, 0.25) is 0 Å². The van der Waals surface area contributed by atoms with Gasteiger partial charge in [-0.2, -0.15) is 0 Å². The van der Waals surface area contributed by atoms with E-state index in [2.05, 4.69) is 19.2 Å². The Morgan fingerprint density at radius 1 is 1.30 bits per heavy atom. The number of methoxy groups -OCH3 is 1. The molecule has 0 aliphatic carbocycles. The van der Waals surface area contributed by atoms with Crippen LogP contribution in [0.5, 0.6) is 11.5 Å². The highest BCUT2D eigenvalue weighted by atomic mass is 16.5. The van der Waals surface area contributed by atoms with E-state index in [9.17, 15) is 4.79 Å². The average Bonchev–Trinajstić information content (AvgIpc) is 2.43. The molecule has 0 heterocycles. The van der Waals surface area contributed by atoms with Gasteiger partial charge in [0.15, 0.2) is 11.5 Å². The van der Waals surface area contributed by atoms with E-state index in [1.54, 1.807) is 25.3 Å². The van der Waals surface area contributed by atoms with Gasteiger partial charge >= 0.3 is 0 Å². The van der Waals surface area contributed by atoms with E-state index in [4.69, 9.17) is 9.47 Å². The van der Waals surface area contributed by atoms with Crippen molar-refractivity contribution in [3.05, 3.63) is 23.8 Å². The molecular weight excluding hydrogens is 254 g/mol. The first-order valence-corrected chi connectivity index (χ1v) is 7.17. The maximum atomic E-state index is 12.0. The van der Waals surface area contributed by atoms with Gasteiger partial charge in [-0.1, -0.05) is 13.8 Å². The Morgan fingerprint density at radius 3 is 2.65 bits per heavy atom. The van der Waals surface area contributed by atoms with Gasteiger partial charge in [0.25, 0.3) is 5.91 Å². The van der Waals surface area contributed by atoms with Crippen molar-refractivity contribution in [2.75, 3.05) is 20.3 Å². The summed E-state index contributed by atoms with van der Waals surface area (Å²) in [6.07, 6.45) is 2.12. The monoisotopic (exact) mass is 279 g/mol. The fraction of sp³-hybridized carbons (Fsp3) is 0.562. The third kappa shape index (κ3) is 5.11. The van der Waals surface area contributed by atoms with Crippen LogP contribution in [0.25, 0.3) is 0 Å². The first-order valence-electron chi connectivity index (χ1n) is 7.17. The summed E-state index contributed by atoms with van der Waals surface area (Å²) in [6, 6.07) is 5.23. The molecule has 0 radical (unpaired) electrons. The van der Waals surface area contributed by atoms with E-state index in [0.717, 1.165) is 12.8 Å². The Labute approximate surface area is 121 Å². The first-order chi connectivity index (χ1) is 9.58. The van der Waals surface area contributed by atoms with E-state index in [0.29, 0.717) is 36.1 Å². The smallest absolute Gasteiger partial charge is 0.251 e. The van der Waals surface area contributed by atoms with Crippen LogP contribution in [-0.4, -0.2) is 26.2 Å². The molecule has 1 aromatic rings. The maximum Gasteiger partial charge on any atom is 0.251 e. The molecule has 0 saturated heterocycles. The molecule has 0 bridgehead atoms. The summed E-state index contributed by atoms with van der Waals surface area (Å²) in [7, 11) is 1.59. The fourth-order valence-electron chi connectivity index (χ4n) is 1.90. The number of ether oxygens (including phenoxy) is 2. The van der Waals surface area contributed by atoms with Crippen molar-refractivity contribution >= 4 is 5.91 Å². The van der Waals surface area contributed by atoms with Crippen molar-refractivity contribution in [3.63, 3.8) is 0 Å². The van der Waals surface area contributed by atoms with Crippen LogP contribution in [0.15, 0.2) is 18.2 Å². The number of carbonyl (C=O) groups excluding carboxylic acids is 1. The molecular formula is C16H25NO3. The van der Waals surface area contributed by atoms with Crippen LogP contribution in [-0.2, 0) is 0 Å². The summed E-state index contributed by atoms with van der Waals surface area (Å²) >= 11 is 0. The predicted octanol–water partition coefficient (Wildman–Crippen LogP) is 3.26. The van der Waals surface area contributed by atoms with Crippen molar-refractivity contribution in [2.24, 2.45) is 5.92 Å². The minimum absolute atomic E-state index is 0.0719. The fourth-order valence-corrected chi connectivity index (χ4v) is 1.90. The van der Waals surface area contributed by atoms with E-state index in [1.165, 1.54) is 0 Å². The maximum absolute atomic E-state index is 12.0. The topological polar surface area (TPSA) is 47.6 Å². The van der Waals surface area contributed by atoms with Gasteiger partial charge in [-0.15, -0.1) is 0 Å². The van der Waals surface area contributed by atoms with Crippen LogP contribution in [0.3, 0.4) is 0 Å². The molecule has 0 fully saturated rings. The zero-order valence-electron chi connectivity index (χ0n) is 12.9. The lowest BCUT2D eigenvalue weighted by Gasteiger charge is -2.11. The number of carbonyl (C=O) groups is 1. The molecule has 0 aliphatic heterocycles. The molecule has 0 aliphatic rings. The minimum Gasteiger partial charge on any atom is -0.493 e. The minimum atomic E-state index is -0.0719. The second-order valence-corrected chi connectivity index (χ2v) is 5.09. The van der Waals surface area contributed by atoms with Crippen LogP contribution in [0.1, 0.15) is 44.0 Å². The van der Waals surface area contributed by atoms with E-state index in [-0.39, 0.29) is 5.91 Å². The third-order valence-corrected chi connectivity index (χ3v) is 2.97. The zero-order valence-corrected chi connectivity index (χ0v) is 12.9. The van der Waals surface area contributed by atoms with Crippen molar-refractivity contribution in [3.8, 4) is 11.5 Å². The summed E-state index contributed by atoms with van der Waals surface area (Å²) in [5.41, 5.74) is 0.596. The van der Waals surface area contributed by atoms with Gasteiger partial charge in [0.1, 0.15) is 0 Å². The lowest BCUT2D eigenvalue weighted by molar-refractivity contribution is 0.0952. The van der Waals surface area contributed by atoms with Crippen molar-refractivity contribution in [1.82, 2.24) is 5.32 Å². The standard InChI is InChI=1S/C16H25NO3/c1-5-20-15-11-13(8-9-14(15)19-4)16(18)17-10-6-7-12(2)3/h8-9,11-12H,5-7,10H2,1-4H3,(H,17,18). The van der Waals surface area contributed by atoms with E-state index < -0.39 is 0 Å². The molecule has 1 aromatic carbocycles. The number of rotatable bonds is 8. The molecule has 112 valence electrons. The highest BCUT2D eigenvalue weighted by Gasteiger charge is 2.10. The summed E-state index contributed by atoms with van der Waals surface area (Å²) in [4.78, 5) is 12.0. The summed E-state index contributed by atoms with van der Waals surface area (Å²) in [6.45, 7) is 7.50. The molecule has 0 aromatic heterocycles. The van der Waals surface area contributed by atoms with Crippen molar-refractivity contribution in [1.29, 1.82) is 0 Å². The Balaban J connectivity index is 2.61. The average molecular weight is 279 g/mol. The molecule has 0 saturated carbocycles. The first kappa shape index (κ1) is 16.3. The van der Waals surface area contributed by atoms with E-state index in [1.807, 2.05) is 6.92 Å². The lowest BCUT2D eigenvalue weighted by atomic mass is 10.1. The highest BCUT2D eigenvalue weighted by molar-refractivity contribution is 5.94. The van der Waals surface area contributed by atoms with Crippen LogP contribution < -0.4 is 14.8 Å². The number of benzene rings is 1. The van der Waals surface area contributed by atoms with Gasteiger partial charge in [-0.3, -0.25) is 4.79 Å². The zero-order chi connectivity index (χ0) is 15.0. The van der Waals surface area contributed by atoms with Crippen molar-refractivity contribution < 1.29 is 14.3 Å². The normalized spacial score (nSPS) is 10.4. The molecule has 1 amide bonds. The number of hydrogen-bond acceptors (Lipinski definition) is 3. The number of nitrogens with one attached hydrogen (secondary N) is 1. The van der Waals surface area contributed by atoms with Gasteiger partial charge in [-0.05, 0) is 43.9 Å². The lowest BCUT2D eigenvalue weighted by Crippen LogP contribution is -2.24. The largest absolute Gasteiger partial charge is 0.493 e. The summed E-state index contributed by atoms with van der Waals surface area (Å²) in [5, 5.41) is 2.93. The number of amides is 1. The van der Waals surface area contributed by atoms with Gasteiger partial charge in [0, 0.05) is 12.1 Å². The molecule has 0 unspecified atom stereocenters. The quantitative estimate of drug-likeness (QED) is 0.743. The Morgan fingerprint density at radius 2 is 2.05 bits per heavy atom. The summed E-state index contributed by atoms with van der Waals surface area (Å²) in [5.74, 6) is 1.84. The van der Waals surface area contributed by atoms with Crippen LogP contribution in [0, 0.1) is 5.92 Å². The van der Waals surface area contributed by atoms with Crippen molar-refractivity contribution in [2.45, 2.75) is 33.6 Å². The Bertz CT molecular complexity index is 430. The second kappa shape index (κ2) is 8.46. The van der Waals surface area contributed by atoms with Crippen LogP contribution in [0.4, 0.5) is 0 Å². The molecule has 4 nitrogen and oxygen atoms in total. The third-order valence-electron chi connectivity index (χ3n) is 2.97. The SMILES string of the molecule is CCOc1cc(C(=O)NCCCC(C)C)ccc1OC.